The van der Waals surface area contributed by atoms with Crippen molar-refractivity contribution in [3.05, 3.63) is 21.9 Å². The monoisotopic (exact) mass is 262 g/mol. The summed E-state index contributed by atoms with van der Waals surface area (Å²) in [5.74, 6) is 1.88. The van der Waals surface area contributed by atoms with Gasteiger partial charge in [0.1, 0.15) is 0 Å². The van der Waals surface area contributed by atoms with E-state index >= 15 is 0 Å². The SMILES string of the molecule is O=C(O)c1cscc1C12CC3CC(CC(C3)C1)C2. The van der Waals surface area contributed by atoms with Crippen molar-refractivity contribution in [2.45, 2.75) is 43.9 Å². The molecule has 0 atom stereocenters. The molecule has 0 amide bonds. The van der Waals surface area contributed by atoms with E-state index in [1.807, 2.05) is 5.38 Å². The minimum Gasteiger partial charge on any atom is -0.478 e. The lowest BCUT2D eigenvalue weighted by molar-refractivity contribution is -0.00560. The standard InChI is InChI=1S/C15H18O2S/c16-14(17)12-7-18-8-13(12)15-4-9-1-10(5-15)3-11(2-9)6-15/h7-11H,1-6H2,(H,16,17). The van der Waals surface area contributed by atoms with Crippen molar-refractivity contribution in [2.24, 2.45) is 17.8 Å². The molecule has 5 rings (SSSR count). The molecule has 0 radical (unpaired) electrons. The molecular weight excluding hydrogens is 244 g/mol. The second kappa shape index (κ2) is 3.60. The van der Waals surface area contributed by atoms with Crippen LogP contribution in [0.25, 0.3) is 0 Å². The highest BCUT2D eigenvalue weighted by atomic mass is 32.1. The van der Waals surface area contributed by atoms with Crippen LogP contribution in [0.4, 0.5) is 0 Å². The molecule has 4 aliphatic carbocycles. The van der Waals surface area contributed by atoms with Gasteiger partial charge >= 0.3 is 5.97 Å². The molecule has 1 aromatic heterocycles. The van der Waals surface area contributed by atoms with Gasteiger partial charge in [-0.2, -0.15) is 11.3 Å². The zero-order chi connectivity index (χ0) is 12.3. The van der Waals surface area contributed by atoms with Gasteiger partial charge in [0.2, 0.25) is 0 Å². The highest BCUT2D eigenvalue weighted by molar-refractivity contribution is 7.08. The molecule has 0 saturated heterocycles. The minimum atomic E-state index is -0.734. The van der Waals surface area contributed by atoms with Crippen molar-refractivity contribution in [2.75, 3.05) is 0 Å². The fraction of sp³-hybridized carbons (Fsp3) is 0.667. The smallest absolute Gasteiger partial charge is 0.336 e. The number of rotatable bonds is 2. The first kappa shape index (κ1) is 11.0. The molecule has 3 heteroatoms. The average molecular weight is 262 g/mol. The molecule has 18 heavy (non-hydrogen) atoms. The molecule has 4 aliphatic rings. The van der Waals surface area contributed by atoms with Crippen LogP contribution < -0.4 is 0 Å². The van der Waals surface area contributed by atoms with Gasteiger partial charge in [0.15, 0.2) is 0 Å². The lowest BCUT2D eigenvalue weighted by atomic mass is 9.48. The second-order valence-corrected chi connectivity index (χ2v) is 7.45. The second-order valence-electron chi connectivity index (χ2n) is 6.70. The molecule has 1 heterocycles. The average Bonchev–Trinajstić information content (AvgIpc) is 2.76. The molecule has 2 nitrogen and oxygen atoms in total. The summed E-state index contributed by atoms with van der Waals surface area (Å²) in [5.41, 5.74) is 1.98. The van der Waals surface area contributed by atoms with Gasteiger partial charge in [0.25, 0.3) is 0 Å². The van der Waals surface area contributed by atoms with Crippen LogP contribution in [0.5, 0.6) is 0 Å². The lowest BCUT2D eigenvalue weighted by Crippen LogP contribution is -2.48. The van der Waals surface area contributed by atoms with Crippen LogP contribution in [-0.4, -0.2) is 11.1 Å². The van der Waals surface area contributed by atoms with Gasteiger partial charge in [-0.1, -0.05) is 0 Å². The van der Waals surface area contributed by atoms with Crippen LogP contribution >= 0.6 is 11.3 Å². The topological polar surface area (TPSA) is 37.3 Å². The first-order valence-electron chi connectivity index (χ1n) is 6.96. The van der Waals surface area contributed by atoms with Gasteiger partial charge in [-0.15, -0.1) is 0 Å². The van der Waals surface area contributed by atoms with Crippen molar-refractivity contribution >= 4 is 17.3 Å². The molecule has 4 bridgehead atoms. The number of hydrogen-bond donors (Lipinski definition) is 1. The Labute approximate surface area is 111 Å². The third-order valence-corrected chi connectivity index (χ3v) is 6.25. The van der Waals surface area contributed by atoms with Crippen molar-refractivity contribution in [1.29, 1.82) is 0 Å². The quantitative estimate of drug-likeness (QED) is 0.877. The van der Waals surface area contributed by atoms with E-state index in [2.05, 4.69) is 5.38 Å². The fourth-order valence-corrected chi connectivity index (χ4v) is 6.26. The molecule has 0 aromatic carbocycles. The Kier molecular flexibility index (Phi) is 2.20. The van der Waals surface area contributed by atoms with Gasteiger partial charge in [-0.25, -0.2) is 4.79 Å². The van der Waals surface area contributed by atoms with E-state index in [4.69, 9.17) is 0 Å². The molecule has 96 valence electrons. The van der Waals surface area contributed by atoms with E-state index in [0.717, 1.165) is 17.8 Å². The Balaban J connectivity index is 1.79. The molecule has 4 saturated carbocycles. The molecule has 1 aromatic rings. The van der Waals surface area contributed by atoms with Crippen LogP contribution in [0.2, 0.25) is 0 Å². The zero-order valence-electron chi connectivity index (χ0n) is 10.4. The largest absolute Gasteiger partial charge is 0.478 e. The van der Waals surface area contributed by atoms with Crippen LogP contribution in [-0.2, 0) is 5.41 Å². The Bertz CT molecular complexity index is 467. The van der Waals surface area contributed by atoms with Gasteiger partial charge in [0, 0.05) is 5.38 Å². The van der Waals surface area contributed by atoms with E-state index in [1.54, 1.807) is 11.3 Å². The van der Waals surface area contributed by atoms with Gasteiger partial charge in [0.05, 0.1) is 5.56 Å². The molecule has 0 unspecified atom stereocenters. The van der Waals surface area contributed by atoms with Crippen LogP contribution in [0, 0.1) is 17.8 Å². The normalized spacial score (nSPS) is 41.2. The van der Waals surface area contributed by atoms with E-state index < -0.39 is 5.97 Å². The summed E-state index contributed by atoms with van der Waals surface area (Å²) in [7, 11) is 0. The van der Waals surface area contributed by atoms with Crippen molar-refractivity contribution < 1.29 is 9.90 Å². The molecule has 1 N–H and O–H groups in total. The predicted octanol–water partition coefficient (Wildman–Crippen LogP) is 3.91. The number of aromatic carboxylic acids is 1. The molecule has 0 aliphatic heterocycles. The first-order valence-corrected chi connectivity index (χ1v) is 7.90. The molecule has 0 spiro atoms. The van der Waals surface area contributed by atoms with E-state index in [1.165, 1.54) is 44.1 Å². The van der Waals surface area contributed by atoms with Crippen molar-refractivity contribution in [3.8, 4) is 0 Å². The summed E-state index contributed by atoms with van der Waals surface area (Å²) >= 11 is 1.56. The zero-order valence-corrected chi connectivity index (χ0v) is 11.2. The van der Waals surface area contributed by atoms with E-state index in [-0.39, 0.29) is 5.41 Å². The van der Waals surface area contributed by atoms with Gasteiger partial charge in [-0.3, -0.25) is 0 Å². The van der Waals surface area contributed by atoms with Gasteiger partial charge < -0.3 is 5.11 Å². The Hall–Kier alpha value is -0.830. The van der Waals surface area contributed by atoms with Crippen molar-refractivity contribution in [1.82, 2.24) is 0 Å². The van der Waals surface area contributed by atoms with Crippen LogP contribution in [0.15, 0.2) is 10.8 Å². The number of thiophene rings is 1. The predicted molar refractivity (Wildman–Crippen MR) is 71.1 cm³/mol. The summed E-state index contributed by atoms with van der Waals surface area (Å²) in [6.07, 6.45) is 7.96. The van der Waals surface area contributed by atoms with E-state index in [0.29, 0.717) is 5.56 Å². The third kappa shape index (κ3) is 1.43. The number of carboxylic acid groups (broad SMARTS) is 1. The Morgan fingerprint density at radius 3 is 2.17 bits per heavy atom. The molecular formula is C15H18O2S. The summed E-state index contributed by atoms with van der Waals surface area (Å²) < 4.78 is 0. The van der Waals surface area contributed by atoms with Crippen LogP contribution in [0.3, 0.4) is 0 Å². The van der Waals surface area contributed by atoms with E-state index in [9.17, 15) is 9.90 Å². The Morgan fingerprint density at radius 1 is 1.11 bits per heavy atom. The third-order valence-electron chi connectivity index (χ3n) is 5.50. The lowest BCUT2D eigenvalue weighted by Gasteiger charge is -2.57. The molecule has 4 fully saturated rings. The minimum absolute atomic E-state index is 0.225. The van der Waals surface area contributed by atoms with Crippen molar-refractivity contribution in [3.63, 3.8) is 0 Å². The first-order chi connectivity index (χ1) is 8.66. The number of hydrogen-bond acceptors (Lipinski definition) is 2. The number of carboxylic acids is 1. The number of carbonyl (C=O) groups is 1. The fourth-order valence-electron chi connectivity index (χ4n) is 5.31. The highest BCUT2D eigenvalue weighted by Gasteiger charge is 2.52. The maximum atomic E-state index is 11.4. The van der Waals surface area contributed by atoms with Crippen LogP contribution in [0.1, 0.15) is 54.4 Å². The summed E-state index contributed by atoms with van der Waals surface area (Å²) in [6.45, 7) is 0. The maximum absolute atomic E-state index is 11.4. The summed E-state index contributed by atoms with van der Waals surface area (Å²) in [6, 6.07) is 0. The summed E-state index contributed by atoms with van der Waals surface area (Å²) in [5, 5.41) is 13.3. The Morgan fingerprint density at radius 2 is 1.67 bits per heavy atom. The summed E-state index contributed by atoms with van der Waals surface area (Å²) in [4.78, 5) is 11.4. The highest BCUT2D eigenvalue weighted by Crippen LogP contribution is 2.61. The maximum Gasteiger partial charge on any atom is 0.336 e. The van der Waals surface area contributed by atoms with Gasteiger partial charge in [-0.05, 0) is 72.6 Å².